The van der Waals surface area contributed by atoms with Crippen molar-refractivity contribution in [2.75, 3.05) is 36.0 Å². The number of ether oxygens (including phenoxy) is 1. The largest absolute Gasteiger partial charge is 0.375 e. The maximum Gasteiger partial charge on any atom is 0.251 e. The van der Waals surface area contributed by atoms with Crippen molar-refractivity contribution in [3.05, 3.63) is 58.4 Å². The number of hydrogen-bond acceptors (Lipinski definition) is 4. The molecule has 1 N–H and O–H groups in total. The molecule has 0 unspecified atom stereocenters. The topological polar surface area (TPSA) is 48.6 Å². The highest BCUT2D eigenvalue weighted by Crippen LogP contribution is 2.43. The van der Waals surface area contributed by atoms with E-state index in [9.17, 15) is 4.79 Å². The quantitative estimate of drug-likeness (QED) is 0.864. The van der Waals surface area contributed by atoms with E-state index in [0.29, 0.717) is 18.6 Å². The minimum absolute atomic E-state index is 0.00646. The van der Waals surface area contributed by atoms with Crippen molar-refractivity contribution in [2.24, 2.45) is 11.8 Å². The Morgan fingerprint density at radius 3 is 2.83 bits per heavy atom. The molecule has 3 heterocycles. The fourth-order valence-corrected chi connectivity index (χ4v) is 5.61. The number of aromatic nitrogens is 1. The lowest BCUT2D eigenvalue weighted by molar-refractivity contribution is 0.0532. The molecule has 2 saturated heterocycles. The maximum absolute atomic E-state index is 12.6. The highest BCUT2D eigenvalue weighted by molar-refractivity contribution is 5.56. The van der Waals surface area contributed by atoms with Crippen LogP contribution in [0.2, 0.25) is 0 Å². The van der Waals surface area contributed by atoms with Gasteiger partial charge in [-0.15, -0.1) is 0 Å². The Hall–Kier alpha value is -2.27. The Morgan fingerprint density at radius 1 is 1.14 bits per heavy atom. The number of morpholine rings is 1. The molecule has 0 radical (unpaired) electrons. The van der Waals surface area contributed by atoms with Crippen LogP contribution < -0.4 is 15.4 Å². The third kappa shape index (κ3) is 3.93. The van der Waals surface area contributed by atoms with Gasteiger partial charge in [0.25, 0.3) is 5.56 Å². The lowest BCUT2D eigenvalue weighted by Gasteiger charge is -2.42. The Balaban J connectivity index is 1.46. The Bertz CT molecular complexity index is 896. The van der Waals surface area contributed by atoms with Crippen LogP contribution in [0.25, 0.3) is 0 Å². The maximum atomic E-state index is 12.6. The lowest BCUT2D eigenvalue weighted by Crippen LogP contribution is -2.48. The molecule has 3 fully saturated rings. The highest BCUT2D eigenvalue weighted by atomic mass is 16.5. The summed E-state index contributed by atoms with van der Waals surface area (Å²) in [5.74, 6) is 2.45. The zero-order chi connectivity index (χ0) is 19.8. The van der Waals surface area contributed by atoms with E-state index in [1.807, 2.05) is 0 Å². The summed E-state index contributed by atoms with van der Waals surface area (Å²) in [6, 6.07) is 15.2. The molecule has 3 aliphatic rings. The first-order chi connectivity index (χ1) is 14.2. The second-order valence-electron chi connectivity index (χ2n) is 9.06. The summed E-state index contributed by atoms with van der Waals surface area (Å²) in [6.45, 7) is 5.53. The zero-order valence-corrected chi connectivity index (χ0v) is 17.2. The predicted molar refractivity (Wildman–Crippen MR) is 117 cm³/mol. The number of nitrogens with one attached hydrogen (secondary N) is 1. The van der Waals surface area contributed by atoms with Crippen LogP contribution in [0.5, 0.6) is 0 Å². The van der Waals surface area contributed by atoms with Gasteiger partial charge >= 0.3 is 0 Å². The molecule has 5 heteroatoms. The zero-order valence-electron chi connectivity index (χ0n) is 17.2. The second-order valence-corrected chi connectivity index (χ2v) is 9.06. The van der Waals surface area contributed by atoms with Gasteiger partial charge in [-0.25, -0.2) is 0 Å². The van der Waals surface area contributed by atoms with E-state index in [4.69, 9.17) is 4.74 Å². The molecule has 4 atom stereocenters. The summed E-state index contributed by atoms with van der Waals surface area (Å²) in [4.78, 5) is 20.5. The number of pyridine rings is 1. The summed E-state index contributed by atoms with van der Waals surface area (Å²) in [5.41, 5.74) is 2.40. The first-order valence-electron chi connectivity index (χ1n) is 11.1. The summed E-state index contributed by atoms with van der Waals surface area (Å²) >= 11 is 0. The normalized spacial score (nSPS) is 29.3. The third-order valence-corrected chi connectivity index (χ3v) is 7.00. The molecule has 1 saturated carbocycles. The van der Waals surface area contributed by atoms with Crippen LogP contribution in [0, 0.1) is 11.8 Å². The van der Waals surface area contributed by atoms with Crippen molar-refractivity contribution in [3.8, 4) is 0 Å². The minimum atomic E-state index is -0.00646. The molecule has 0 amide bonds. The average Bonchev–Trinajstić information content (AvgIpc) is 3.13. The molecule has 2 aliphatic heterocycles. The van der Waals surface area contributed by atoms with Crippen LogP contribution in [0.15, 0.2) is 47.3 Å². The van der Waals surface area contributed by atoms with Gasteiger partial charge in [0.2, 0.25) is 0 Å². The van der Waals surface area contributed by atoms with Crippen LogP contribution in [-0.2, 0) is 11.2 Å². The minimum Gasteiger partial charge on any atom is -0.375 e. The van der Waals surface area contributed by atoms with Crippen LogP contribution >= 0.6 is 0 Å². The first kappa shape index (κ1) is 18.7. The van der Waals surface area contributed by atoms with Crippen molar-refractivity contribution >= 4 is 11.5 Å². The number of nitrogens with zero attached hydrogens (tertiary/aromatic N) is 2. The van der Waals surface area contributed by atoms with Crippen molar-refractivity contribution in [3.63, 3.8) is 0 Å². The number of rotatable bonds is 4. The number of fused-ring (bicyclic) bond motifs is 2. The molecule has 1 aromatic heterocycles. The monoisotopic (exact) mass is 393 g/mol. The number of benzene rings is 1. The molecular weight excluding hydrogens is 362 g/mol. The van der Waals surface area contributed by atoms with Gasteiger partial charge in [0, 0.05) is 43.5 Å². The van der Waals surface area contributed by atoms with Crippen molar-refractivity contribution in [1.29, 1.82) is 0 Å². The Kier molecular flexibility index (Phi) is 5.08. The van der Waals surface area contributed by atoms with Gasteiger partial charge in [-0.1, -0.05) is 30.3 Å². The van der Waals surface area contributed by atoms with Crippen molar-refractivity contribution in [2.45, 2.75) is 44.8 Å². The van der Waals surface area contributed by atoms with Gasteiger partial charge < -0.3 is 19.5 Å². The summed E-state index contributed by atoms with van der Waals surface area (Å²) in [7, 11) is 0. The predicted octanol–water partition coefficient (Wildman–Crippen LogP) is 3.45. The van der Waals surface area contributed by atoms with Gasteiger partial charge in [0.15, 0.2) is 0 Å². The van der Waals surface area contributed by atoms with Gasteiger partial charge in [-0.2, -0.15) is 0 Å². The number of anilines is 2. The molecular formula is C24H31N3O2. The fourth-order valence-electron chi connectivity index (χ4n) is 5.61. The van der Waals surface area contributed by atoms with Gasteiger partial charge in [-0.3, -0.25) is 4.79 Å². The highest BCUT2D eigenvalue weighted by Gasteiger charge is 2.41. The molecule has 5 nitrogen and oxygen atoms in total. The summed E-state index contributed by atoms with van der Waals surface area (Å²) < 4.78 is 5.69. The van der Waals surface area contributed by atoms with Gasteiger partial charge in [0.1, 0.15) is 5.82 Å². The second kappa shape index (κ2) is 7.86. The van der Waals surface area contributed by atoms with Crippen molar-refractivity contribution < 1.29 is 4.74 Å². The average molecular weight is 394 g/mol. The summed E-state index contributed by atoms with van der Waals surface area (Å²) in [5, 5.41) is 0. The Labute approximate surface area is 172 Å². The van der Waals surface area contributed by atoms with E-state index in [1.54, 1.807) is 6.07 Å². The summed E-state index contributed by atoms with van der Waals surface area (Å²) in [6.07, 6.45) is 5.20. The van der Waals surface area contributed by atoms with E-state index in [1.165, 1.54) is 24.8 Å². The van der Waals surface area contributed by atoms with Gasteiger partial charge in [0.05, 0.1) is 12.7 Å². The SMILES string of the molecule is C[C@@H]1CN(c2cc(N3C[C@H]4CC[C@H](C4)[C@H]3Cc3ccccc3)[nH]c(=O)c2)CCO1. The molecule has 1 aromatic carbocycles. The number of aromatic amines is 1. The molecule has 1 aliphatic carbocycles. The van der Waals surface area contributed by atoms with E-state index in [0.717, 1.165) is 43.5 Å². The smallest absolute Gasteiger partial charge is 0.251 e. The van der Waals surface area contributed by atoms with Crippen molar-refractivity contribution in [1.82, 2.24) is 4.98 Å². The molecule has 29 heavy (non-hydrogen) atoms. The fraction of sp³-hybridized carbons (Fsp3) is 0.542. The van der Waals surface area contributed by atoms with E-state index in [2.05, 4.69) is 58.1 Å². The molecule has 2 bridgehead atoms. The van der Waals surface area contributed by atoms with Crippen LogP contribution in [0.1, 0.15) is 31.7 Å². The molecule has 2 aromatic rings. The first-order valence-corrected chi connectivity index (χ1v) is 11.1. The van der Waals surface area contributed by atoms with Crippen LogP contribution in [-0.4, -0.2) is 43.4 Å². The molecule has 5 rings (SSSR count). The van der Waals surface area contributed by atoms with Crippen LogP contribution in [0.4, 0.5) is 11.5 Å². The third-order valence-electron chi connectivity index (χ3n) is 7.00. The number of piperidine rings is 1. The number of H-pyrrole nitrogens is 1. The van der Waals surface area contributed by atoms with Crippen LogP contribution in [0.3, 0.4) is 0 Å². The number of hydrogen-bond donors (Lipinski definition) is 1. The lowest BCUT2D eigenvalue weighted by atomic mass is 9.86. The van der Waals surface area contributed by atoms with E-state index < -0.39 is 0 Å². The molecule has 0 spiro atoms. The van der Waals surface area contributed by atoms with E-state index >= 15 is 0 Å². The standard InChI is InChI=1S/C24H31N3O2/c1-17-15-26(9-10-29-17)21-13-23(25-24(28)14-21)27-16-19-7-8-20(11-19)22(27)12-18-5-3-2-4-6-18/h2-6,13-14,17,19-20,22H,7-12,15-16H2,1H3,(H,25,28)/t17-,19+,20-,22-/m1/s1. The van der Waals surface area contributed by atoms with E-state index in [-0.39, 0.29) is 11.7 Å². The Morgan fingerprint density at radius 2 is 2.00 bits per heavy atom. The van der Waals surface area contributed by atoms with Gasteiger partial charge in [-0.05, 0) is 50.0 Å². The molecule has 154 valence electrons.